The molecule has 0 aliphatic carbocycles. The van der Waals surface area contributed by atoms with Gasteiger partial charge in [-0.3, -0.25) is 14.5 Å². The largest absolute Gasteiger partial charge is 0.419 e. The summed E-state index contributed by atoms with van der Waals surface area (Å²) in [6, 6.07) is 2.00. The topological polar surface area (TPSA) is 37.4 Å². The molecule has 0 bridgehead atoms. The van der Waals surface area contributed by atoms with Crippen LogP contribution < -0.4 is 0 Å². The Bertz CT molecular complexity index is 583. The van der Waals surface area contributed by atoms with Crippen LogP contribution in [0.1, 0.15) is 35.7 Å². The van der Waals surface area contributed by atoms with Gasteiger partial charge in [0, 0.05) is 18.5 Å². The normalized spacial score (nSPS) is 19.2. The number of carbonyl (C=O) groups excluding carboxylic acids is 2. The van der Waals surface area contributed by atoms with Crippen LogP contribution in [0.5, 0.6) is 0 Å². The maximum Gasteiger partial charge on any atom is 0.419 e. The summed E-state index contributed by atoms with van der Waals surface area (Å²) in [6.45, 7) is 2.05. The van der Waals surface area contributed by atoms with Crippen LogP contribution in [-0.2, 0) is 11.0 Å². The predicted molar refractivity (Wildman–Crippen MR) is 65.8 cm³/mol. The summed E-state index contributed by atoms with van der Waals surface area (Å²) < 4.78 is 51.1. The van der Waals surface area contributed by atoms with Crippen molar-refractivity contribution < 1.29 is 27.2 Å². The number of benzene rings is 1. The Balaban J connectivity index is 2.30. The summed E-state index contributed by atoms with van der Waals surface area (Å²) in [7, 11) is 0. The first-order valence-corrected chi connectivity index (χ1v) is 6.45. The standard InChI is InChI=1S/C14H13F4NO2/c1-2-8-5-12(20)19(7-8)13(21)9-3-4-11(15)10(6-9)14(16,17)18/h3-4,6,8H,2,5,7H2,1H3. The summed E-state index contributed by atoms with van der Waals surface area (Å²) in [6.07, 6.45) is -3.98. The molecule has 1 saturated heterocycles. The molecule has 0 radical (unpaired) electrons. The molecule has 114 valence electrons. The molecule has 3 nitrogen and oxygen atoms in total. The first kappa shape index (κ1) is 15.5. The summed E-state index contributed by atoms with van der Waals surface area (Å²) in [5, 5.41) is 0. The van der Waals surface area contributed by atoms with Gasteiger partial charge >= 0.3 is 6.18 Å². The lowest BCUT2D eigenvalue weighted by molar-refractivity contribution is -0.140. The molecule has 0 spiro atoms. The molecule has 21 heavy (non-hydrogen) atoms. The number of alkyl halides is 3. The molecule has 2 rings (SSSR count). The number of rotatable bonds is 2. The van der Waals surface area contributed by atoms with E-state index in [9.17, 15) is 27.2 Å². The van der Waals surface area contributed by atoms with Crippen molar-refractivity contribution in [3.05, 3.63) is 35.1 Å². The van der Waals surface area contributed by atoms with Crippen LogP contribution in [-0.4, -0.2) is 23.3 Å². The van der Waals surface area contributed by atoms with Crippen molar-refractivity contribution in [2.45, 2.75) is 25.9 Å². The van der Waals surface area contributed by atoms with E-state index in [2.05, 4.69) is 0 Å². The van der Waals surface area contributed by atoms with E-state index in [-0.39, 0.29) is 24.4 Å². The lowest BCUT2D eigenvalue weighted by atomic mass is 10.1. The Kier molecular flexibility index (Phi) is 4.02. The third-order valence-electron chi connectivity index (χ3n) is 3.55. The van der Waals surface area contributed by atoms with Crippen LogP contribution in [0.15, 0.2) is 18.2 Å². The lowest BCUT2D eigenvalue weighted by Crippen LogP contribution is -2.32. The molecule has 1 fully saturated rings. The number of nitrogens with zero attached hydrogens (tertiary/aromatic N) is 1. The number of imide groups is 1. The fraction of sp³-hybridized carbons (Fsp3) is 0.429. The van der Waals surface area contributed by atoms with E-state index >= 15 is 0 Å². The highest BCUT2D eigenvalue weighted by Gasteiger charge is 2.37. The fourth-order valence-corrected chi connectivity index (χ4v) is 2.28. The smallest absolute Gasteiger partial charge is 0.278 e. The van der Waals surface area contributed by atoms with E-state index in [1.807, 2.05) is 6.92 Å². The van der Waals surface area contributed by atoms with Gasteiger partial charge in [0.15, 0.2) is 0 Å². The third kappa shape index (κ3) is 3.06. The van der Waals surface area contributed by atoms with E-state index in [0.717, 1.165) is 11.0 Å². The van der Waals surface area contributed by atoms with Gasteiger partial charge in [0.1, 0.15) is 5.82 Å². The summed E-state index contributed by atoms with van der Waals surface area (Å²) >= 11 is 0. The van der Waals surface area contributed by atoms with E-state index in [1.54, 1.807) is 0 Å². The second kappa shape index (κ2) is 5.46. The Morgan fingerprint density at radius 2 is 2.05 bits per heavy atom. The monoisotopic (exact) mass is 303 g/mol. The predicted octanol–water partition coefficient (Wildman–Crippen LogP) is 3.24. The molecule has 1 aliphatic heterocycles. The molecular formula is C14H13F4NO2. The summed E-state index contributed by atoms with van der Waals surface area (Å²) in [4.78, 5) is 24.8. The van der Waals surface area contributed by atoms with Crippen molar-refractivity contribution in [2.75, 3.05) is 6.54 Å². The second-order valence-corrected chi connectivity index (χ2v) is 4.98. The number of amides is 2. The molecular weight excluding hydrogens is 290 g/mol. The first-order valence-electron chi connectivity index (χ1n) is 6.45. The average molecular weight is 303 g/mol. The Hall–Kier alpha value is -1.92. The van der Waals surface area contributed by atoms with Gasteiger partial charge in [-0.1, -0.05) is 13.3 Å². The zero-order chi connectivity index (χ0) is 15.8. The van der Waals surface area contributed by atoms with Gasteiger partial charge in [0.25, 0.3) is 5.91 Å². The van der Waals surface area contributed by atoms with Crippen molar-refractivity contribution in [2.24, 2.45) is 5.92 Å². The van der Waals surface area contributed by atoms with E-state index in [0.29, 0.717) is 18.6 Å². The number of likely N-dealkylation sites (tertiary alicyclic amines) is 1. The first-order chi connectivity index (χ1) is 9.74. The Morgan fingerprint density at radius 1 is 1.38 bits per heavy atom. The summed E-state index contributed by atoms with van der Waals surface area (Å²) in [5.41, 5.74) is -1.85. The average Bonchev–Trinajstić information content (AvgIpc) is 2.78. The SMILES string of the molecule is CCC1CC(=O)N(C(=O)c2ccc(F)c(C(F)(F)F)c2)C1. The molecule has 1 aliphatic rings. The molecule has 1 heterocycles. The number of halogens is 4. The van der Waals surface area contributed by atoms with Crippen molar-refractivity contribution in [1.82, 2.24) is 4.90 Å². The van der Waals surface area contributed by atoms with Crippen LogP contribution in [0.3, 0.4) is 0 Å². The molecule has 1 atom stereocenters. The van der Waals surface area contributed by atoms with Gasteiger partial charge in [-0.25, -0.2) is 4.39 Å². The molecule has 1 unspecified atom stereocenters. The highest BCUT2D eigenvalue weighted by atomic mass is 19.4. The zero-order valence-corrected chi connectivity index (χ0v) is 11.2. The lowest BCUT2D eigenvalue weighted by Gasteiger charge is -2.16. The molecule has 1 aromatic rings. The molecule has 7 heteroatoms. The maximum absolute atomic E-state index is 13.2. The minimum Gasteiger partial charge on any atom is -0.278 e. The Morgan fingerprint density at radius 3 is 2.57 bits per heavy atom. The molecule has 1 aromatic carbocycles. The van der Waals surface area contributed by atoms with Crippen molar-refractivity contribution in [3.8, 4) is 0 Å². The minimum absolute atomic E-state index is 0.0176. The van der Waals surface area contributed by atoms with Crippen LogP contribution >= 0.6 is 0 Å². The third-order valence-corrected chi connectivity index (χ3v) is 3.55. The summed E-state index contributed by atoms with van der Waals surface area (Å²) in [5.74, 6) is -2.66. The van der Waals surface area contributed by atoms with Gasteiger partial charge in [-0.05, 0) is 24.1 Å². The number of hydrogen-bond donors (Lipinski definition) is 0. The highest BCUT2D eigenvalue weighted by Crippen LogP contribution is 2.32. The molecule has 0 saturated carbocycles. The van der Waals surface area contributed by atoms with Crippen LogP contribution in [0.25, 0.3) is 0 Å². The van der Waals surface area contributed by atoms with Gasteiger partial charge < -0.3 is 0 Å². The van der Waals surface area contributed by atoms with Gasteiger partial charge in [-0.2, -0.15) is 13.2 Å². The van der Waals surface area contributed by atoms with Gasteiger partial charge in [0.05, 0.1) is 5.56 Å². The molecule has 0 aromatic heterocycles. The number of carbonyl (C=O) groups is 2. The molecule has 2 amide bonds. The highest BCUT2D eigenvalue weighted by molar-refractivity contribution is 6.05. The van der Waals surface area contributed by atoms with E-state index in [1.165, 1.54) is 0 Å². The van der Waals surface area contributed by atoms with Crippen molar-refractivity contribution in [1.29, 1.82) is 0 Å². The number of hydrogen-bond acceptors (Lipinski definition) is 2. The quantitative estimate of drug-likeness (QED) is 0.621. The van der Waals surface area contributed by atoms with Crippen LogP contribution in [0.4, 0.5) is 17.6 Å². The van der Waals surface area contributed by atoms with Crippen molar-refractivity contribution in [3.63, 3.8) is 0 Å². The second-order valence-electron chi connectivity index (χ2n) is 4.98. The fourth-order valence-electron chi connectivity index (χ4n) is 2.28. The molecule has 0 N–H and O–H groups in total. The van der Waals surface area contributed by atoms with Gasteiger partial charge in [0.2, 0.25) is 5.91 Å². The zero-order valence-electron chi connectivity index (χ0n) is 11.2. The minimum atomic E-state index is -4.89. The maximum atomic E-state index is 13.2. The van der Waals surface area contributed by atoms with Crippen molar-refractivity contribution >= 4 is 11.8 Å². The van der Waals surface area contributed by atoms with E-state index < -0.39 is 29.4 Å². The van der Waals surface area contributed by atoms with Crippen LogP contribution in [0.2, 0.25) is 0 Å². The van der Waals surface area contributed by atoms with E-state index in [4.69, 9.17) is 0 Å². The Labute approximate surface area is 118 Å². The van der Waals surface area contributed by atoms with Gasteiger partial charge in [-0.15, -0.1) is 0 Å². The van der Waals surface area contributed by atoms with Crippen LogP contribution in [0, 0.1) is 11.7 Å².